The lowest BCUT2D eigenvalue weighted by molar-refractivity contribution is -0.0493. The van der Waals surface area contributed by atoms with Crippen molar-refractivity contribution in [2.45, 2.75) is 19.6 Å². The van der Waals surface area contributed by atoms with Crippen LogP contribution in [0, 0.1) is 0 Å². The van der Waals surface area contributed by atoms with Crippen molar-refractivity contribution < 1.29 is 13.5 Å². The first-order chi connectivity index (χ1) is 9.06. The van der Waals surface area contributed by atoms with Gasteiger partial charge in [0.15, 0.2) is 0 Å². The number of anilines is 1. The summed E-state index contributed by atoms with van der Waals surface area (Å²) in [6.07, 6.45) is 0. The third kappa shape index (κ3) is 3.91. The first-order valence-corrected chi connectivity index (χ1v) is 7.23. The normalized spacial score (nSPS) is 12.5. The van der Waals surface area contributed by atoms with E-state index in [1.54, 1.807) is 29.5 Å². The summed E-state index contributed by atoms with van der Waals surface area (Å²) in [5, 5.41) is 3.18. The van der Waals surface area contributed by atoms with Crippen molar-refractivity contribution in [3.8, 4) is 5.75 Å². The molecule has 6 heteroatoms. The van der Waals surface area contributed by atoms with Crippen LogP contribution in [0.1, 0.15) is 17.8 Å². The van der Waals surface area contributed by atoms with Gasteiger partial charge in [-0.05, 0) is 47.1 Å². The minimum absolute atomic E-state index is 0.0127. The van der Waals surface area contributed by atoms with E-state index in [-0.39, 0.29) is 11.8 Å². The Morgan fingerprint density at radius 1 is 1.21 bits per heavy atom. The Morgan fingerprint density at radius 2 is 1.95 bits per heavy atom. The molecule has 1 N–H and O–H groups in total. The predicted molar refractivity (Wildman–Crippen MR) is 77.1 cm³/mol. The Kier molecular flexibility index (Phi) is 4.76. The molecule has 19 heavy (non-hydrogen) atoms. The van der Waals surface area contributed by atoms with Crippen molar-refractivity contribution >= 4 is 33.0 Å². The second-order valence-electron chi connectivity index (χ2n) is 3.88. The topological polar surface area (TPSA) is 21.3 Å². The molecule has 0 amide bonds. The van der Waals surface area contributed by atoms with Crippen molar-refractivity contribution in [2.75, 3.05) is 5.32 Å². The zero-order chi connectivity index (χ0) is 13.8. The van der Waals surface area contributed by atoms with Crippen molar-refractivity contribution in [1.29, 1.82) is 0 Å². The third-order valence-electron chi connectivity index (χ3n) is 2.50. The molecule has 1 unspecified atom stereocenters. The van der Waals surface area contributed by atoms with Crippen LogP contribution in [-0.4, -0.2) is 6.61 Å². The van der Waals surface area contributed by atoms with Crippen molar-refractivity contribution in [3.05, 3.63) is 45.1 Å². The number of halogens is 3. The molecular weight excluding hydrogens is 336 g/mol. The highest BCUT2D eigenvalue weighted by Crippen LogP contribution is 2.32. The fraction of sp³-hybridized carbons (Fsp3) is 0.231. The Bertz CT molecular complexity index is 547. The molecule has 2 nitrogen and oxygen atoms in total. The SMILES string of the molecule is CC(Nc1ccccc1OC(F)F)c1ccc(Br)s1. The molecule has 1 aromatic heterocycles. The smallest absolute Gasteiger partial charge is 0.387 e. The summed E-state index contributed by atoms with van der Waals surface area (Å²) in [5.74, 6) is 0.153. The van der Waals surface area contributed by atoms with Crippen LogP contribution in [0.4, 0.5) is 14.5 Å². The van der Waals surface area contributed by atoms with Crippen LogP contribution in [-0.2, 0) is 0 Å². The third-order valence-corrected chi connectivity index (χ3v) is 4.30. The van der Waals surface area contributed by atoms with E-state index in [4.69, 9.17) is 0 Å². The molecule has 0 spiro atoms. The number of rotatable bonds is 5. The highest BCUT2D eigenvalue weighted by Gasteiger charge is 2.13. The van der Waals surface area contributed by atoms with Gasteiger partial charge in [-0.2, -0.15) is 8.78 Å². The van der Waals surface area contributed by atoms with E-state index in [2.05, 4.69) is 26.0 Å². The number of para-hydroxylation sites is 2. The van der Waals surface area contributed by atoms with Crippen LogP contribution >= 0.6 is 27.3 Å². The van der Waals surface area contributed by atoms with Gasteiger partial charge in [0.05, 0.1) is 15.5 Å². The average Bonchev–Trinajstić information content (AvgIpc) is 2.78. The molecule has 0 saturated carbocycles. The van der Waals surface area contributed by atoms with Gasteiger partial charge in [0, 0.05) is 4.88 Å². The molecule has 2 rings (SSSR count). The Balaban J connectivity index is 2.14. The molecule has 102 valence electrons. The minimum atomic E-state index is -2.82. The zero-order valence-corrected chi connectivity index (χ0v) is 12.5. The van der Waals surface area contributed by atoms with Gasteiger partial charge < -0.3 is 10.1 Å². The molecule has 1 atom stereocenters. The summed E-state index contributed by atoms with van der Waals surface area (Å²) in [5.41, 5.74) is 0.555. The zero-order valence-electron chi connectivity index (χ0n) is 10.1. The monoisotopic (exact) mass is 347 g/mol. The number of benzene rings is 1. The molecule has 0 aliphatic rings. The Morgan fingerprint density at radius 3 is 2.58 bits per heavy atom. The van der Waals surface area contributed by atoms with E-state index in [1.807, 2.05) is 19.1 Å². The van der Waals surface area contributed by atoms with Crippen LogP contribution in [0.15, 0.2) is 40.2 Å². The quantitative estimate of drug-likeness (QED) is 0.793. The summed E-state index contributed by atoms with van der Waals surface area (Å²) in [6.45, 7) is -0.855. The summed E-state index contributed by atoms with van der Waals surface area (Å²) >= 11 is 5.00. The fourth-order valence-corrected chi connectivity index (χ4v) is 3.08. The second kappa shape index (κ2) is 6.34. The van der Waals surface area contributed by atoms with Crippen LogP contribution in [0.25, 0.3) is 0 Å². The largest absolute Gasteiger partial charge is 0.433 e. The lowest BCUT2D eigenvalue weighted by Crippen LogP contribution is -2.09. The maximum absolute atomic E-state index is 12.3. The molecule has 2 aromatic rings. The number of hydrogen-bond donors (Lipinski definition) is 1. The second-order valence-corrected chi connectivity index (χ2v) is 6.38. The standard InChI is InChI=1S/C13H12BrF2NOS/c1-8(11-6-7-12(14)19-11)17-9-4-2-3-5-10(9)18-13(15)16/h2-8,13,17H,1H3. The molecule has 1 aromatic carbocycles. The van der Waals surface area contributed by atoms with E-state index < -0.39 is 6.61 Å². The van der Waals surface area contributed by atoms with E-state index in [1.165, 1.54) is 6.07 Å². The van der Waals surface area contributed by atoms with E-state index >= 15 is 0 Å². The first kappa shape index (κ1) is 14.3. The fourth-order valence-electron chi connectivity index (χ4n) is 1.65. The summed E-state index contributed by atoms with van der Waals surface area (Å²) < 4.78 is 30.1. The average molecular weight is 348 g/mol. The lowest BCUT2D eigenvalue weighted by atomic mass is 10.2. The van der Waals surface area contributed by atoms with E-state index in [0.29, 0.717) is 5.69 Å². The highest BCUT2D eigenvalue weighted by atomic mass is 79.9. The number of thiophene rings is 1. The Hall–Kier alpha value is -1.14. The maximum Gasteiger partial charge on any atom is 0.387 e. The molecule has 0 saturated heterocycles. The van der Waals surface area contributed by atoms with Gasteiger partial charge in [-0.15, -0.1) is 11.3 Å². The van der Waals surface area contributed by atoms with Gasteiger partial charge in [0.2, 0.25) is 0 Å². The molecule has 0 aliphatic carbocycles. The minimum Gasteiger partial charge on any atom is -0.433 e. The lowest BCUT2D eigenvalue weighted by Gasteiger charge is -2.17. The number of ether oxygens (including phenoxy) is 1. The Labute approximate surface area is 122 Å². The van der Waals surface area contributed by atoms with E-state index in [0.717, 1.165) is 8.66 Å². The summed E-state index contributed by atoms with van der Waals surface area (Å²) in [7, 11) is 0. The number of alkyl halides is 2. The number of nitrogens with one attached hydrogen (secondary N) is 1. The summed E-state index contributed by atoms with van der Waals surface area (Å²) in [6, 6.07) is 10.6. The molecule has 0 aliphatic heterocycles. The van der Waals surface area contributed by atoms with Gasteiger partial charge in [-0.25, -0.2) is 0 Å². The molecule has 0 fully saturated rings. The molecule has 0 bridgehead atoms. The van der Waals surface area contributed by atoms with Gasteiger partial charge in [-0.1, -0.05) is 12.1 Å². The van der Waals surface area contributed by atoms with Crippen LogP contribution in [0.2, 0.25) is 0 Å². The molecule has 1 heterocycles. The van der Waals surface area contributed by atoms with Gasteiger partial charge in [-0.3, -0.25) is 0 Å². The van der Waals surface area contributed by atoms with Gasteiger partial charge in [0.1, 0.15) is 5.75 Å². The van der Waals surface area contributed by atoms with Crippen LogP contribution in [0.3, 0.4) is 0 Å². The first-order valence-electron chi connectivity index (χ1n) is 5.62. The van der Waals surface area contributed by atoms with Crippen molar-refractivity contribution in [2.24, 2.45) is 0 Å². The number of hydrogen-bond acceptors (Lipinski definition) is 3. The van der Waals surface area contributed by atoms with Gasteiger partial charge >= 0.3 is 6.61 Å². The maximum atomic E-state index is 12.3. The van der Waals surface area contributed by atoms with Crippen molar-refractivity contribution in [1.82, 2.24) is 0 Å². The predicted octanol–water partition coefficient (Wildman–Crippen LogP) is 5.29. The van der Waals surface area contributed by atoms with Crippen molar-refractivity contribution in [3.63, 3.8) is 0 Å². The summed E-state index contributed by atoms with van der Waals surface area (Å²) in [4.78, 5) is 1.11. The van der Waals surface area contributed by atoms with Crippen LogP contribution < -0.4 is 10.1 Å². The van der Waals surface area contributed by atoms with Crippen LogP contribution in [0.5, 0.6) is 5.75 Å². The highest BCUT2D eigenvalue weighted by molar-refractivity contribution is 9.11. The van der Waals surface area contributed by atoms with E-state index in [9.17, 15) is 8.78 Å². The molecular formula is C13H12BrF2NOS. The van der Waals surface area contributed by atoms with Gasteiger partial charge in [0.25, 0.3) is 0 Å². The molecule has 0 radical (unpaired) electrons.